The zero-order chi connectivity index (χ0) is 32.4. The van der Waals surface area contributed by atoms with Crippen LogP contribution in [0.5, 0.6) is 0 Å². The predicted molar refractivity (Wildman–Crippen MR) is 150 cm³/mol. The van der Waals surface area contributed by atoms with Crippen LogP contribution in [0.3, 0.4) is 0 Å². The number of rotatable bonds is 6. The first kappa shape index (κ1) is 32.2. The Hall–Kier alpha value is -4.68. The smallest absolute Gasteiger partial charge is 0.335 e. The molecule has 1 unspecified atom stereocenters. The van der Waals surface area contributed by atoms with Crippen LogP contribution >= 0.6 is 0 Å². The van der Waals surface area contributed by atoms with Crippen LogP contribution in [0.15, 0.2) is 66.7 Å². The van der Waals surface area contributed by atoms with E-state index in [9.17, 15) is 46.0 Å². The van der Waals surface area contributed by atoms with E-state index in [1.807, 2.05) is 32.0 Å². The average molecular weight is 620 g/mol. The van der Waals surface area contributed by atoms with Crippen molar-refractivity contribution in [2.75, 3.05) is 19.6 Å². The van der Waals surface area contributed by atoms with Crippen LogP contribution in [0, 0.1) is 24.0 Å². The van der Waals surface area contributed by atoms with Crippen molar-refractivity contribution in [3.63, 3.8) is 0 Å². The van der Waals surface area contributed by atoms with Crippen molar-refractivity contribution in [1.29, 1.82) is 0 Å². The molecule has 1 aliphatic rings. The highest BCUT2D eigenvalue weighted by atomic mass is 19.4. The third kappa shape index (κ3) is 7.63. The minimum atomic E-state index is -5.11. The number of amides is 2. The number of hydrogen-bond acceptors (Lipinski definition) is 4. The number of carbonyl (C=O) groups is 2. The fourth-order valence-electron chi connectivity index (χ4n) is 4.92. The molecule has 0 aliphatic carbocycles. The molecule has 7 nitrogen and oxygen atoms in total. The van der Waals surface area contributed by atoms with E-state index in [2.05, 4.69) is 0 Å². The number of hydrogen-bond donors (Lipinski definition) is 0. The Balaban J connectivity index is 1.63. The standard InChI is InChI=1S/C31H27F6N3O4/c1-19-3-4-22(13-20(19)2)14-27-18-38(28(41)10-7-21-5-8-26(9-6-21)40(43)44)11-12-39(27)29(42)23-15-24(30(32,33)34)17-25(16-23)31(35,36)37/h3-10,13,15-17,27H,11-12,14,18H2,1-2H3/b10-7+. The first-order chi connectivity index (χ1) is 20.5. The molecule has 0 N–H and O–H groups in total. The first-order valence-corrected chi connectivity index (χ1v) is 13.4. The largest absolute Gasteiger partial charge is 0.416 e. The Morgan fingerprint density at radius 3 is 2.05 bits per heavy atom. The maximum absolute atomic E-state index is 13.6. The fourth-order valence-corrected chi connectivity index (χ4v) is 4.92. The number of piperazine rings is 1. The van der Waals surface area contributed by atoms with Gasteiger partial charge in [-0.15, -0.1) is 0 Å². The quantitative estimate of drug-likeness (QED) is 0.131. The molecule has 0 radical (unpaired) electrons. The van der Waals surface area contributed by atoms with Gasteiger partial charge in [-0.05, 0) is 78.9 Å². The van der Waals surface area contributed by atoms with Gasteiger partial charge >= 0.3 is 12.4 Å². The molecule has 1 saturated heterocycles. The van der Waals surface area contributed by atoms with E-state index >= 15 is 0 Å². The van der Waals surface area contributed by atoms with Gasteiger partial charge < -0.3 is 9.80 Å². The summed E-state index contributed by atoms with van der Waals surface area (Å²) in [7, 11) is 0. The average Bonchev–Trinajstić information content (AvgIpc) is 2.96. The van der Waals surface area contributed by atoms with Crippen molar-refractivity contribution < 1.29 is 40.9 Å². The van der Waals surface area contributed by atoms with Gasteiger partial charge in [0.2, 0.25) is 5.91 Å². The lowest BCUT2D eigenvalue weighted by Crippen LogP contribution is -2.57. The molecule has 0 bridgehead atoms. The highest BCUT2D eigenvalue weighted by Gasteiger charge is 2.39. The van der Waals surface area contributed by atoms with Gasteiger partial charge in [0.15, 0.2) is 0 Å². The van der Waals surface area contributed by atoms with Crippen LogP contribution < -0.4 is 0 Å². The molecule has 13 heteroatoms. The van der Waals surface area contributed by atoms with Crippen molar-refractivity contribution >= 4 is 23.6 Å². The van der Waals surface area contributed by atoms with Crippen molar-refractivity contribution in [3.8, 4) is 0 Å². The maximum Gasteiger partial charge on any atom is 0.416 e. The van der Waals surface area contributed by atoms with Gasteiger partial charge in [-0.2, -0.15) is 26.3 Å². The van der Waals surface area contributed by atoms with Crippen molar-refractivity contribution in [2.24, 2.45) is 0 Å². The number of nitro benzene ring substituents is 1. The lowest BCUT2D eigenvalue weighted by molar-refractivity contribution is -0.384. The summed E-state index contributed by atoms with van der Waals surface area (Å²) in [5.74, 6) is -1.46. The summed E-state index contributed by atoms with van der Waals surface area (Å²) in [4.78, 5) is 39.6. The van der Waals surface area contributed by atoms with E-state index in [1.165, 1.54) is 46.2 Å². The van der Waals surface area contributed by atoms with Crippen LogP contribution in [-0.4, -0.2) is 52.2 Å². The SMILES string of the molecule is Cc1ccc(CC2CN(C(=O)/C=C/c3ccc([N+](=O)[O-])cc3)CCN2C(=O)c2cc(C(F)(F)F)cc(C(F)(F)F)c2)cc1C. The molecule has 44 heavy (non-hydrogen) atoms. The third-order valence-electron chi connectivity index (χ3n) is 7.45. The van der Waals surface area contributed by atoms with Crippen LogP contribution in [-0.2, 0) is 23.6 Å². The summed E-state index contributed by atoms with van der Waals surface area (Å²) in [6, 6.07) is 11.1. The number of aryl methyl sites for hydroxylation is 2. The van der Waals surface area contributed by atoms with Gasteiger partial charge in [-0.1, -0.05) is 18.2 Å². The Morgan fingerprint density at radius 1 is 0.886 bits per heavy atom. The van der Waals surface area contributed by atoms with E-state index in [4.69, 9.17) is 0 Å². The number of benzene rings is 3. The lowest BCUT2D eigenvalue weighted by atomic mass is 9.97. The summed E-state index contributed by atoms with van der Waals surface area (Å²) in [6.45, 7) is 3.59. The molecule has 0 saturated carbocycles. The molecular weight excluding hydrogens is 592 g/mol. The van der Waals surface area contributed by atoms with Gasteiger partial charge in [0.1, 0.15) is 0 Å². The second-order valence-corrected chi connectivity index (χ2v) is 10.5. The van der Waals surface area contributed by atoms with Crippen molar-refractivity contribution in [2.45, 2.75) is 38.7 Å². The molecule has 1 heterocycles. The second-order valence-electron chi connectivity index (χ2n) is 10.5. The maximum atomic E-state index is 13.6. The summed E-state index contributed by atoms with van der Waals surface area (Å²) >= 11 is 0. The minimum Gasteiger partial charge on any atom is -0.335 e. The monoisotopic (exact) mass is 619 g/mol. The van der Waals surface area contributed by atoms with E-state index in [1.54, 1.807) is 0 Å². The highest BCUT2D eigenvalue weighted by Crippen LogP contribution is 2.37. The first-order valence-electron chi connectivity index (χ1n) is 13.4. The van der Waals surface area contributed by atoms with Gasteiger partial charge in [0.25, 0.3) is 11.6 Å². The third-order valence-corrected chi connectivity index (χ3v) is 7.45. The van der Waals surface area contributed by atoms with Gasteiger partial charge in [-0.25, -0.2) is 0 Å². The Morgan fingerprint density at radius 2 is 1.50 bits per heavy atom. The molecule has 1 atom stereocenters. The molecule has 0 spiro atoms. The number of alkyl halides is 6. The number of nitro groups is 1. The molecule has 3 aromatic carbocycles. The van der Waals surface area contributed by atoms with E-state index in [-0.39, 0.29) is 37.8 Å². The Bertz CT molecular complexity index is 1570. The van der Waals surface area contributed by atoms with Gasteiger partial charge in [0.05, 0.1) is 22.1 Å². The van der Waals surface area contributed by atoms with E-state index in [0.717, 1.165) is 16.7 Å². The van der Waals surface area contributed by atoms with Crippen LogP contribution in [0.25, 0.3) is 6.08 Å². The highest BCUT2D eigenvalue weighted by molar-refractivity contribution is 5.96. The number of non-ortho nitro benzene ring substituents is 1. The number of carbonyl (C=O) groups excluding carboxylic acids is 2. The Labute approximate surface area is 248 Å². The van der Waals surface area contributed by atoms with E-state index in [0.29, 0.717) is 17.7 Å². The summed E-state index contributed by atoms with van der Waals surface area (Å²) in [5, 5.41) is 10.9. The fraction of sp³-hybridized carbons (Fsp3) is 0.290. The Kier molecular flexibility index (Phi) is 9.17. The number of halogens is 6. The predicted octanol–water partition coefficient (Wildman–Crippen LogP) is 6.86. The summed E-state index contributed by atoms with van der Waals surface area (Å²) < 4.78 is 81.0. The molecular formula is C31H27F6N3O4. The topological polar surface area (TPSA) is 83.8 Å². The van der Waals surface area contributed by atoms with E-state index < -0.39 is 51.8 Å². The van der Waals surface area contributed by atoms with Crippen LogP contribution in [0.2, 0.25) is 0 Å². The van der Waals surface area contributed by atoms with Gasteiger partial charge in [0, 0.05) is 43.4 Å². The van der Waals surface area contributed by atoms with Crippen LogP contribution in [0.1, 0.15) is 43.7 Å². The zero-order valence-electron chi connectivity index (χ0n) is 23.6. The molecule has 1 aliphatic heterocycles. The molecule has 4 rings (SSSR count). The molecule has 3 aromatic rings. The molecule has 0 aromatic heterocycles. The molecule has 1 fully saturated rings. The lowest BCUT2D eigenvalue weighted by Gasteiger charge is -2.41. The zero-order valence-corrected chi connectivity index (χ0v) is 23.6. The second kappa shape index (κ2) is 12.5. The molecule has 232 valence electrons. The van der Waals surface area contributed by atoms with Gasteiger partial charge in [-0.3, -0.25) is 19.7 Å². The number of nitrogens with zero attached hydrogens (tertiary/aromatic N) is 3. The minimum absolute atomic E-state index is 0.0241. The molecule has 2 amide bonds. The summed E-state index contributed by atoms with van der Waals surface area (Å²) in [6.07, 6.45) is -7.32. The normalized spacial score (nSPS) is 16.0. The van der Waals surface area contributed by atoms with Crippen molar-refractivity contribution in [3.05, 3.63) is 116 Å². The van der Waals surface area contributed by atoms with Crippen molar-refractivity contribution in [1.82, 2.24) is 9.80 Å². The van der Waals surface area contributed by atoms with Crippen LogP contribution in [0.4, 0.5) is 32.0 Å². The summed E-state index contributed by atoms with van der Waals surface area (Å²) in [5.41, 5.74) is -0.814.